The number of pyridine rings is 2. The minimum Gasteiger partial charge on any atom is -0.369 e. The van der Waals surface area contributed by atoms with Crippen molar-refractivity contribution in [1.29, 1.82) is 0 Å². The summed E-state index contributed by atoms with van der Waals surface area (Å²) in [5.41, 5.74) is 3.57. The molecular weight excluding hydrogens is 274 g/mol. The number of anilines is 1. The van der Waals surface area contributed by atoms with Gasteiger partial charge in [0, 0.05) is 57.0 Å². The Morgan fingerprint density at radius 3 is 2.55 bits per heavy atom. The molecule has 0 radical (unpaired) electrons. The highest BCUT2D eigenvalue weighted by molar-refractivity contribution is 5.47. The topological polar surface area (TPSA) is 36.7 Å². The van der Waals surface area contributed by atoms with Crippen LogP contribution in [0, 0.1) is 0 Å². The van der Waals surface area contributed by atoms with E-state index in [1.54, 1.807) is 0 Å². The van der Waals surface area contributed by atoms with E-state index >= 15 is 0 Å². The molecule has 0 unspecified atom stereocenters. The lowest BCUT2D eigenvalue weighted by Gasteiger charge is -2.35. The van der Waals surface area contributed by atoms with Crippen LogP contribution in [0.4, 0.5) is 5.69 Å². The molecule has 0 N–H and O–H groups in total. The van der Waals surface area contributed by atoms with Crippen molar-refractivity contribution in [3.05, 3.63) is 60.7 Å². The molecule has 1 saturated heterocycles. The zero-order valence-corrected chi connectivity index (χ0v) is 12.5. The van der Waals surface area contributed by atoms with E-state index < -0.39 is 0 Å². The van der Waals surface area contributed by atoms with Crippen LogP contribution in [0.5, 0.6) is 0 Å². The third-order valence-corrected chi connectivity index (χ3v) is 4.21. The molecule has 4 rings (SSSR count). The van der Waals surface area contributed by atoms with E-state index in [-0.39, 0.29) is 0 Å². The van der Waals surface area contributed by atoms with E-state index in [1.165, 1.54) is 5.69 Å². The first kappa shape index (κ1) is 13.3. The van der Waals surface area contributed by atoms with Gasteiger partial charge in [-0.3, -0.25) is 9.88 Å². The van der Waals surface area contributed by atoms with Crippen LogP contribution < -0.4 is 4.90 Å². The highest BCUT2D eigenvalue weighted by atomic mass is 15.3. The molecule has 1 aliphatic rings. The van der Waals surface area contributed by atoms with Crippen molar-refractivity contribution in [1.82, 2.24) is 19.5 Å². The van der Waals surface area contributed by atoms with Crippen molar-refractivity contribution in [2.24, 2.45) is 0 Å². The maximum atomic E-state index is 4.64. The van der Waals surface area contributed by atoms with Gasteiger partial charge in [0.15, 0.2) is 0 Å². The number of nitrogens with zero attached hydrogens (tertiary/aromatic N) is 5. The maximum absolute atomic E-state index is 4.64. The highest BCUT2D eigenvalue weighted by Gasteiger charge is 2.18. The van der Waals surface area contributed by atoms with Gasteiger partial charge in [-0.25, -0.2) is 4.52 Å². The van der Waals surface area contributed by atoms with Crippen molar-refractivity contribution < 1.29 is 0 Å². The van der Waals surface area contributed by atoms with Crippen LogP contribution in [0.15, 0.2) is 55.0 Å². The fourth-order valence-electron chi connectivity index (χ4n) is 3.02. The number of rotatable bonds is 3. The van der Waals surface area contributed by atoms with Gasteiger partial charge in [-0.1, -0.05) is 6.07 Å². The Morgan fingerprint density at radius 2 is 1.77 bits per heavy atom. The van der Waals surface area contributed by atoms with Crippen LogP contribution in [0.2, 0.25) is 0 Å². The highest BCUT2D eigenvalue weighted by Crippen LogP contribution is 2.16. The molecule has 22 heavy (non-hydrogen) atoms. The second-order valence-electron chi connectivity index (χ2n) is 5.67. The van der Waals surface area contributed by atoms with Crippen LogP contribution in [0.1, 0.15) is 5.69 Å². The third kappa shape index (κ3) is 2.67. The van der Waals surface area contributed by atoms with Crippen LogP contribution in [0.25, 0.3) is 5.52 Å². The fourth-order valence-corrected chi connectivity index (χ4v) is 3.02. The first-order valence-electron chi connectivity index (χ1n) is 7.69. The summed E-state index contributed by atoms with van der Waals surface area (Å²) >= 11 is 0. The standard InChI is InChI=1S/C17H19N5/c1-2-8-22-17(3-1)13-15(19-22)14-20-9-11-21(12-10-20)16-4-6-18-7-5-16/h1-8,13H,9-12,14H2. The second kappa shape index (κ2) is 5.77. The average molecular weight is 293 g/mol. The van der Waals surface area contributed by atoms with E-state index in [0.717, 1.165) is 43.9 Å². The summed E-state index contributed by atoms with van der Waals surface area (Å²) in [5.74, 6) is 0. The van der Waals surface area contributed by atoms with E-state index in [2.05, 4.69) is 44.1 Å². The zero-order valence-electron chi connectivity index (χ0n) is 12.5. The molecule has 3 aromatic rings. The maximum Gasteiger partial charge on any atom is 0.0775 e. The predicted molar refractivity (Wildman–Crippen MR) is 86.9 cm³/mol. The summed E-state index contributed by atoms with van der Waals surface area (Å²) in [6.07, 6.45) is 5.72. The third-order valence-electron chi connectivity index (χ3n) is 4.21. The van der Waals surface area contributed by atoms with E-state index in [1.807, 2.05) is 35.2 Å². The number of hydrogen-bond donors (Lipinski definition) is 0. The summed E-state index contributed by atoms with van der Waals surface area (Å²) in [5, 5.41) is 4.64. The fraction of sp³-hybridized carbons (Fsp3) is 0.294. The molecule has 0 spiro atoms. The molecule has 0 aromatic carbocycles. The molecule has 5 nitrogen and oxygen atoms in total. The lowest BCUT2D eigenvalue weighted by molar-refractivity contribution is 0.247. The van der Waals surface area contributed by atoms with Gasteiger partial charge in [-0.2, -0.15) is 5.10 Å². The Bertz CT molecular complexity index is 711. The van der Waals surface area contributed by atoms with Crippen molar-refractivity contribution in [2.45, 2.75) is 6.54 Å². The quantitative estimate of drug-likeness (QED) is 0.740. The van der Waals surface area contributed by atoms with Gasteiger partial charge in [-0.05, 0) is 30.3 Å². The molecule has 3 aromatic heterocycles. The van der Waals surface area contributed by atoms with Gasteiger partial charge in [0.25, 0.3) is 0 Å². The first-order chi connectivity index (χ1) is 10.9. The van der Waals surface area contributed by atoms with E-state index in [4.69, 9.17) is 0 Å². The Kier molecular flexibility index (Phi) is 3.48. The second-order valence-corrected chi connectivity index (χ2v) is 5.67. The lowest BCUT2D eigenvalue weighted by Crippen LogP contribution is -2.46. The van der Waals surface area contributed by atoms with Gasteiger partial charge in [0.05, 0.1) is 11.2 Å². The summed E-state index contributed by atoms with van der Waals surface area (Å²) in [6.45, 7) is 5.16. The van der Waals surface area contributed by atoms with Gasteiger partial charge in [0.2, 0.25) is 0 Å². The van der Waals surface area contributed by atoms with Gasteiger partial charge < -0.3 is 4.90 Å². The number of aromatic nitrogens is 3. The first-order valence-corrected chi connectivity index (χ1v) is 7.69. The van der Waals surface area contributed by atoms with Gasteiger partial charge >= 0.3 is 0 Å². The van der Waals surface area contributed by atoms with Crippen molar-refractivity contribution in [2.75, 3.05) is 31.1 Å². The van der Waals surface area contributed by atoms with Crippen LogP contribution in [-0.4, -0.2) is 45.7 Å². The molecular formula is C17H19N5. The SMILES string of the molecule is c1ccn2nc(CN3CCN(c4ccncc4)CC3)cc2c1. The number of piperazine rings is 1. The molecule has 1 fully saturated rings. The van der Waals surface area contributed by atoms with Crippen LogP contribution >= 0.6 is 0 Å². The van der Waals surface area contributed by atoms with Gasteiger partial charge in [-0.15, -0.1) is 0 Å². The minimum absolute atomic E-state index is 0.922. The van der Waals surface area contributed by atoms with Crippen LogP contribution in [0.3, 0.4) is 0 Å². The summed E-state index contributed by atoms with van der Waals surface area (Å²) in [4.78, 5) is 8.97. The molecule has 112 valence electrons. The van der Waals surface area contributed by atoms with Crippen LogP contribution in [-0.2, 0) is 6.54 Å². The zero-order chi connectivity index (χ0) is 14.8. The van der Waals surface area contributed by atoms with E-state index in [9.17, 15) is 0 Å². The molecule has 0 amide bonds. The Labute approximate surface area is 129 Å². The average Bonchev–Trinajstić information content (AvgIpc) is 2.98. The normalized spacial score (nSPS) is 16.3. The molecule has 4 heterocycles. The number of hydrogen-bond acceptors (Lipinski definition) is 4. The smallest absolute Gasteiger partial charge is 0.0775 e. The lowest BCUT2D eigenvalue weighted by atomic mass is 10.2. The van der Waals surface area contributed by atoms with E-state index in [0.29, 0.717) is 0 Å². The molecule has 0 bridgehead atoms. The Morgan fingerprint density at radius 1 is 0.955 bits per heavy atom. The minimum atomic E-state index is 0.922. The monoisotopic (exact) mass is 293 g/mol. The summed E-state index contributed by atoms with van der Waals surface area (Å²) in [7, 11) is 0. The molecule has 0 atom stereocenters. The molecule has 0 aliphatic carbocycles. The molecule has 1 aliphatic heterocycles. The molecule has 0 saturated carbocycles. The Hall–Kier alpha value is -2.40. The van der Waals surface area contributed by atoms with Crippen molar-refractivity contribution in [3.63, 3.8) is 0 Å². The predicted octanol–water partition coefficient (Wildman–Crippen LogP) is 2.05. The van der Waals surface area contributed by atoms with Gasteiger partial charge in [0.1, 0.15) is 0 Å². The summed E-state index contributed by atoms with van der Waals surface area (Å²) in [6, 6.07) is 12.5. The number of fused-ring (bicyclic) bond motifs is 1. The largest absolute Gasteiger partial charge is 0.369 e. The molecule has 5 heteroatoms. The van der Waals surface area contributed by atoms with Crippen molar-refractivity contribution in [3.8, 4) is 0 Å². The summed E-state index contributed by atoms with van der Waals surface area (Å²) < 4.78 is 1.95. The Balaban J connectivity index is 1.39. The van der Waals surface area contributed by atoms with Crippen molar-refractivity contribution >= 4 is 11.2 Å².